The topological polar surface area (TPSA) is 24.5 Å². The smallest absolute Gasteiger partial charge is 0.417 e. The van der Waals surface area contributed by atoms with Crippen molar-refractivity contribution in [2.75, 3.05) is 38.2 Å². The Hall–Kier alpha value is -2.21. The first-order valence-electron chi connectivity index (χ1n) is 9.34. The Bertz CT molecular complexity index is 909. The maximum atomic E-state index is 13.7. The predicted octanol–water partition coefficient (Wildman–Crippen LogP) is 4.06. The monoisotopic (exact) mass is 374 g/mol. The van der Waals surface area contributed by atoms with Crippen LogP contribution in [0.2, 0.25) is 0 Å². The molecule has 0 spiro atoms. The lowest BCUT2D eigenvalue weighted by Gasteiger charge is -2.35. The Kier molecular flexibility index (Phi) is 3.69. The van der Waals surface area contributed by atoms with Crippen molar-refractivity contribution in [3.8, 4) is 16.9 Å². The summed E-state index contributed by atoms with van der Waals surface area (Å²) in [5.41, 5.74) is 3.91. The van der Waals surface area contributed by atoms with Crippen LogP contribution in [0, 0.1) is 5.92 Å². The van der Waals surface area contributed by atoms with Crippen molar-refractivity contribution in [3.05, 3.63) is 47.0 Å². The molecule has 2 aromatic rings. The van der Waals surface area contributed by atoms with Crippen LogP contribution in [0.4, 0.5) is 18.9 Å². The molecule has 0 radical (unpaired) electrons. The molecule has 1 saturated heterocycles. The zero-order chi connectivity index (χ0) is 18.8. The number of hydrogen-bond donors (Lipinski definition) is 1. The van der Waals surface area contributed by atoms with Crippen molar-refractivity contribution < 1.29 is 17.9 Å². The van der Waals surface area contributed by atoms with Gasteiger partial charge in [-0.1, -0.05) is 6.07 Å². The van der Waals surface area contributed by atoms with Crippen molar-refractivity contribution in [1.29, 1.82) is 0 Å². The number of rotatable bonds is 2. The molecule has 27 heavy (non-hydrogen) atoms. The normalized spacial score (nSPS) is 23.3. The van der Waals surface area contributed by atoms with Crippen LogP contribution in [-0.4, -0.2) is 33.3 Å². The molecule has 6 heteroatoms. The number of anilines is 1. The minimum Gasteiger partial charge on any atom is -0.497 e. The second kappa shape index (κ2) is 5.89. The summed E-state index contributed by atoms with van der Waals surface area (Å²) in [4.78, 5) is 2.42. The first-order valence-corrected chi connectivity index (χ1v) is 9.34. The van der Waals surface area contributed by atoms with E-state index in [0.29, 0.717) is 17.4 Å². The molecule has 5 rings (SSSR count). The quantitative estimate of drug-likeness (QED) is 0.858. The Labute approximate surface area is 156 Å². The molecule has 0 bridgehead atoms. The summed E-state index contributed by atoms with van der Waals surface area (Å²) < 4.78 is 46.2. The highest BCUT2D eigenvalue weighted by Gasteiger charge is 2.40. The van der Waals surface area contributed by atoms with Gasteiger partial charge in [0.05, 0.1) is 12.7 Å². The van der Waals surface area contributed by atoms with Crippen LogP contribution in [0.25, 0.3) is 11.1 Å². The van der Waals surface area contributed by atoms with E-state index >= 15 is 0 Å². The standard InChI is InChI=1S/C21H21F3N2O/c1-27-15-2-3-16(19(8-15)21(22,23)24)13-6-12-4-5-26-11-14-9-25-10-18(14)17(7-13)20(12)26/h2-3,6-8,14,18,25H,4-5,9-11H2,1H3/t14-,18-/m0/s1. The van der Waals surface area contributed by atoms with E-state index in [-0.39, 0.29) is 11.3 Å². The highest BCUT2D eigenvalue weighted by molar-refractivity contribution is 5.78. The fraction of sp³-hybridized carbons (Fsp3) is 0.429. The zero-order valence-corrected chi connectivity index (χ0v) is 15.1. The highest BCUT2D eigenvalue weighted by Crippen LogP contribution is 2.48. The molecule has 0 aromatic heterocycles. The minimum atomic E-state index is -4.43. The predicted molar refractivity (Wildman–Crippen MR) is 98.4 cm³/mol. The van der Waals surface area contributed by atoms with Gasteiger partial charge in [-0.2, -0.15) is 13.2 Å². The van der Waals surface area contributed by atoms with Gasteiger partial charge in [0.25, 0.3) is 0 Å². The minimum absolute atomic E-state index is 0.222. The number of nitrogens with one attached hydrogen (secondary N) is 1. The third-order valence-corrected chi connectivity index (χ3v) is 6.22. The molecule has 3 nitrogen and oxygen atoms in total. The van der Waals surface area contributed by atoms with Crippen molar-refractivity contribution >= 4 is 5.69 Å². The largest absolute Gasteiger partial charge is 0.497 e. The number of alkyl halides is 3. The van der Waals surface area contributed by atoms with Crippen molar-refractivity contribution in [3.63, 3.8) is 0 Å². The van der Waals surface area contributed by atoms with Gasteiger partial charge in [0.1, 0.15) is 5.75 Å². The summed E-state index contributed by atoms with van der Waals surface area (Å²) in [5, 5.41) is 3.46. The van der Waals surface area contributed by atoms with Gasteiger partial charge in [-0.3, -0.25) is 0 Å². The van der Waals surface area contributed by atoms with E-state index in [0.717, 1.165) is 38.7 Å². The molecule has 2 atom stereocenters. The Morgan fingerprint density at radius 3 is 2.78 bits per heavy atom. The van der Waals surface area contributed by atoms with Crippen molar-refractivity contribution in [2.24, 2.45) is 5.92 Å². The van der Waals surface area contributed by atoms with Crippen molar-refractivity contribution in [1.82, 2.24) is 5.32 Å². The Balaban J connectivity index is 1.69. The molecule has 3 aliphatic rings. The first kappa shape index (κ1) is 16.9. The molecule has 1 N–H and O–H groups in total. The summed E-state index contributed by atoms with van der Waals surface area (Å²) in [7, 11) is 1.39. The summed E-state index contributed by atoms with van der Waals surface area (Å²) in [6, 6.07) is 8.20. The number of methoxy groups -OCH3 is 1. The molecule has 0 amide bonds. The van der Waals surface area contributed by atoms with Crippen LogP contribution in [0.5, 0.6) is 5.75 Å². The number of halogens is 3. The van der Waals surface area contributed by atoms with Crippen LogP contribution in [0.1, 0.15) is 22.6 Å². The van der Waals surface area contributed by atoms with Crippen LogP contribution < -0.4 is 15.0 Å². The lowest BCUT2D eigenvalue weighted by Crippen LogP contribution is -2.35. The third-order valence-electron chi connectivity index (χ3n) is 6.22. The SMILES string of the molecule is COc1ccc(-c2cc3c4c(c2)[C@H]2CNC[C@H]2CN4CC3)c(C(F)(F)F)c1. The van der Waals surface area contributed by atoms with Gasteiger partial charge in [-0.25, -0.2) is 0 Å². The van der Waals surface area contributed by atoms with Crippen molar-refractivity contribution in [2.45, 2.75) is 18.5 Å². The summed E-state index contributed by atoms with van der Waals surface area (Å²) in [6.07, 6.45) is -3.52. The van der Waals surface area contributed by atoms with E-state index in [9.17, 15) is 13.2 Å². The average Bonchev–Trinajstić information content (AvgIpc) is 3.28. The van der Waals surface area contributed by atoms with E-state index in [1.54, 1.807) is 6.07 Å². The van der Waals surface area contributed by atoms with E-state index in [4.69, 9.17) is 4.74 Å². The molecule has 3 heterocycles. The van der Waals surface area contributed by atoms with Crippen LogP contribution in [-0.2, 0) is 12.6 Å². The molecule has 1 fully saturated rings. The summed E-state index contributed by atoms with van der Waals surface area (Å²) in [5.74, 6) is 1.15. The number of ether oxygens (including phenoxy) is 1. The van der Waals surface area contributed by atoms with Gasteiger partial charge in [0, 0.05) is 37.8 Å². The first-order chi connectivity index (χ1) is 13.0. The van der Waals surface area contributed by atoms with Gasteiger partial charge in [0.2, 0.25) is 0 Å². The van der Waals surface area contributed by atoms with E-state index < -0.39 is 11.7 Å². The number of benzene rings is 2. The fourth-order valence-electron chi connectivity index (χ4n) is 4.99. The number of nitrogens with zero attached hydrogens (tertiary/aromatic N) is 1. The van der Waals surface area contributed by atoms with E-state index in [2.05, 4.69) is 10.2 Å². The van der Waals surface area contributed by atoms with Crippen LogP contribution >= 0.6 is 0 Å². The lowest BCUT2D eigenvalue weighted by molar-refractivity contribution is -0.137. The van der Waals surface area contributed by atoms with E-state index in [1.807, 2.05) is 12.1 Å². The summed E-state index contributed by atoms with van der Waals surface area (Å²) >= 11 is 0. The van der Waals surface area contributed by atoms with Gasteiger partial charge >= 0.3 is 6.18 Å². The highest BCUT2D eigenvalue weighted by atomic mass is 19.4. The molecule has 0 saturated carbocycles. The number of fused-ring (bicyclic) bond motifs is 2. The summed E-state index contributed by atoms with van der Waals surface area (Å²) in [6.45, 7) is 3.90. The Morgan fingerprint density at radius 1 is 1.15 bits per heavy atom. The number of hydrogen-bond acceptors (Lipinski definition) is 3. The molecule has 0 unspecified atom stereocenters. The molecular weight excluding hydrogens is 353 g/mol. The maximum Gasteiger partial charge on any atom is 0.417 e. The molecule has 142 valence electrons. The van der Waals surface area contributed by atoms with Gasteiger partial charge in [-0.05, 0) is 58.9 Å². The maximum absolute atomic E-state index is 13.7. The fourth-order valence-corrected chi connectivity index (χ4v) is 4.99. The van der Waals surface area contributed by atoms with Gasteiger partial charge in [-0.15, -0.1) is 0 Å². The van der Waals surface area contributed by atoms with E-state index in [1.165, 1.54) is 30.0 Å². The Morgan fingerprint density at radius 2 is 2.00 bits per heavy atom. The molecule has 3 aliphatic heterocycles. The van der Waals surface area contributed by atoms with Crippen LogP contribution in [0.3, 0.4) is 0 Å². The molecule has 0 aliphatic carbocycles. The average molecular weight is 374 g/mol. The third kappa shape index (κ3) is 2.61. The lowest BCUT2D eigenvalue weighted by atomic mass is 9.81. The van der Waals surface area contributed by atoms with Gasteiger partial charge < -0.3 is 15.0 Å². The molecule has 2 aromatic carbocycles. The molecular formula is C21H21F3N2O. The van der Waals surface area contributed by atoms with Gasteiger partial charge in [0.15, 0.2) is 0 Å². The van der Waals surface area contributed by atoms with Crippen LogP contribution in [0.15, 0.2) is 30.3 Å². The second-order valence-corrected chi connectivity index (χ2v) is 7.70. The second-order valence-electron chi connectivity index (χ2n) is 7.70. The zero-order valence-electron chi connectivity index (χ0n) is 15.1.